The fraction of sp³-hybridized carbons (Fsp3) is 1.00. The van der Waals surface area contributed by atoms with Crippen LogP contribution in [0.15, 0.2) is 0 Å². The van der Waals surface area contributed by atoms with Crippen LogP contribution in [-0.4, -0.2) is 17.0 Å². The zero-order chi connectivity index (χ0) is 8.48. The molecule has 0 spiro atoms. The molecule has 1 saturated heterocycles. The highest BCUT2D eigenvalue weighted by atomic mass is 35.5. The van der Waals surface area contributed by atoms with E-state index >= 15 is 0 Å². The Labute approximate surface area is 78.0 Å². The normalized spacial score (nSPS) is 36.0. The quantitative estimate of drug-likeness (QED) is 0.618. The summed E-state index contributed by atoms with van der Waals surface area (Å²) in [7, 11) is 0. The average molecular weight is 197 g/mol. The third-order valence-electron chi connectivity index (χ3n) is 2.18. The molecule has 0 radical (unpaired) electrons. The Bertz CT molecular complexity index is 134. The van der Waals surface area contributed by atoms with Gasteiger partial charge in [0.25, 0.3) is 0 Å². The summed E-state index contributed by atoms with van der Waals surface area (Å²) in [6, 6.07) is 0. The first kappa shape index (κ1) is 9.63. The van der Waals surface area contributed by atoms with Gasteiger partial charge in [0.15, 0.2) is 0 Å². The molecule has 0 N–H and O–H groups in total. The smallest absolute Gasteiger partial charge is 0.148 e. The molecule has 1 aliphatic rings. The van der Waals surface area contributed by atoms with E-state index in [0.29, 0.717) is 6.61 Å². The van der Waals surface area contributed by atoms with Crippen LogP contribution in [0.4, 0.5) is 0 Å². The number of hydrogen-bond donors (Lipinski definition) is 0. The van der Waals surface area contributed by atoms with E-state index in [9.17, 15) is 0 Å². The van der Waals surface area contributed by atoms with E-state index < -0.39 is 4.33 Å². The highest BCUT2D eigenvalue weighted by Crippen LogP contribution is 2.42. The zero-order valence-electron chi connectivity index (χ0n) is 6.94. The van der Waals surface area contributed by atoms with Crippen molar-refractivity contribution in [2.24, 2.45) is 5.92 Å². The lowest BCUT2D eigenvalue weighted by molar-refractivity contribution is 0.0977. The lowest BCUT2D eigenvalue weighted by atomic mass is 10.0. The Morgan fingerprint density at radius 3 is 2.55 bits per heavy atom. The number of hydrogen-bond acceptors (Lipinski definition) is 1. The minimum absolute atomic E-state index is 0.0332. The Morgan fingerprint density at radius 1 is 1.55 bits per heavy atom. The van der Waals surface area contributed by atoms with Crippen molar-refractivity contribution >= 4 is 23.2 Å². The van der Waals surface area contributed by atoms with Gasteiger partial charge in [0.1, 0.15) is 4.33 Å². The van der Waals surface area contributed by atoms with Gasteiger partial charge < -0.3 is 4.74 Å². The van der Waals surface area contributed by atoms with Crippen LogP contribution in [0.5, 0.6) is 0 Å². The molecule has 0 bridgehead atoms. The molecule has 0 aromatic rings. The van der Waals surface area contributed by atoms with Crippen molar-refractivity contribution in [1.82, 2.24) is 0 Å². The molecular formula is C8H14Cl2O. The highest BCUT2D eigenvalue weighted by molar-refractivity contribution is 6.49. The second kappa shape index (κ2) is 3.51. The summed E-state index contributed by atoms with van der Waals surface area (Å²) in [6.45, 7) is 4.82. The summed E-state index contributed by atoms with van der Waals surface area (Å²) >= 11 is 12.2. The van der Waals surface area contributed by atoms with E-state index in [-0.39, 0.29) is 12.0 Å². The molecule has 1 fully saturated rings. The van der Waals surface area contributed by atoms with Crippen molar-refractivity contribution in [3.8, 4) is 0 Å². The van der Waals surface area contributed by atoms with Gasteiger partial charge in [0, 0.05) is 5.92 Å². The fourth-order valence-electron chi connectivity index (χ4n) is 1.34. The molecule has 0 aliphatic carbocycles. The maximum absolute atomic E-state index is 6.10. The van der Waals surface area contributed by atoms with Gasteiger partial charge >= 0.3 is 0 Å². The zero-order valence-corrected chi connectivity index (χ0v) is 8.45. The minimum atomic E-state index is -0.657. The molecule has 0 aromatic carbocycles. The van der Waals surface area contributed by atoms with Crippen molar-refractivity contribution in [3.63, 3.8) is 0 Å². The summed E-state index contributed by atoms with van der Waals surface area (Å²) in [4.78, 5) is 0. The van der Waals surface area contributed by atoms with Crippen LogP contribution < -0.4 is 0 Å². The molecule has 0 saturated carbocycles. The summed E-state index contributed by atoms with van der Waals surface area (Å²) in [5.41, 5.74) is 0. The van der Waals surface area contributed by atoms with Gasteiger partial charge in [-0.25, -0.2) is 0 Å². The van der Waals surface area contributed by atoms with Gasteiger partial charge in [-0.05, 0) is 6.42 Å². The number of alkyl halides is 2. The van der Waals surface area contributed by atoms with Gasteiger partial charge in [-0.15, -0.1) is 0 Å². The van der Waals surface area contributed by atoms with Crippen molar-refractivity contribution < 1.29 is 4.74 Å². The van der Waals surface area contributed by atoms with Crippen molar-refractivity contribution in [2.75, 3.05) is 6.61 Å². The fourth-order valence-corrected chi connectivity index (χ4v) is 1.81. The second-order valence-electron chi connectivity index (χ2n) is 3.19. The molecule has 66 valence electrons. The second-order valence-corrected chi connectivity index (χ2v) is 4.63. The van der Waals surface area contributed by atoms with Crippen LogP contribution in [0.3, 0.4) is 0 Å². The Hall–Kier alpha value is 0.540. The third kappa shape index (κ3) is 1.82. The summed E-state index contributed by atoms with van der Waals surface area (Å²) in [6.07, 6.45) is 2.06. The Kier molecular flexibility index (Phi) is 3.07. The monoisotopic (exact) mass is 196 g/mol. The van der Waals surface area contributed by atoms with Crippen molar-refractivity contribution in [1.29, 1.82) is 0 Å². The van der Waals surface area contributed by atoms with Crippen molar-refractivity contribution in [3.05, 3.63) is 0 Å². The molecule has 3 heteroatoms. The molecule has 2 atom stereocenters. The van der Waals surface area contributed by atoms with Crippen LogP contribution in [0.25, 0.3) is 0 Å². The van der Waals surface area contributed by atoms with Gasteiger partial charge in [0.2, 0.25) is 0 Å². The number of halogens is 2. The first-order valence-electron chi connectivity index (χ1n) is 4.08. The first-order chi connectivity index (χ1) is 5.09. The first-order valence-corrected chi connectivity index (χ1v) is 4.84. The molecule has 1 aliphatic heterocycles. The summed E-state index contributed by atoms with van der Waals surface area (Å²) in [5, 5.41) is 0. The maximum Gasteiger partial charge on any atom is 0.148 e. The van der Waals surface area contributed by atoms with E-state index in [2.05, 4.69) is 6.92 Å². The maximum atomic E-state index is 6.10. The Balaban J connectivity index is 2.55. The van der Waals surface area contributed by atoms with Gasteiger partial charge in [0.05, 0.1) is 12.7 Å². The molecule has 0 unspecified atom stereocenters. The molecular weight excluding hydrogens is 183 g/mol. The van der Waals surface area contributed by atoms with Crippen LogP contribution in [0.2, 0.25) is 0 Å². The number of rotatable bonds is 2. The van der Waals surface area contributed by atoms with Gasteiger partial charge in [-0.2, -0.15) is 0 Å². The highest BCUT2D eigenvalue weighted by Gasteiger charge is 2.45. The molecule has 1 rings (SSSR count). The van der Waals surface area contributed by atoms with E-state index in [4.69, 9.17) is 27.9 Å². The van der Waals surface area contributed by atoms with Crippen LogP contribution in [0, 0.1) is 5.92 Å². The molecule has 0 aromatic heterocycles. The Morgan fingerprint density at radius 2 is 2.18 bits per heavy atom. The standard InChI is InChI=1S/C8H14Cl2O/c1-3-4-7-8(9,10)6(2)5-11-7/h6-7H,3-5H2,1-2H3/t6-,7-/m0/s1. The summed E-state index contributed by atoms with van der Waals surface area (Å²) in [5.74, 6) is 0.252. The topological polar surface area (TPSA) is 9.23 Å². The molecule has 1 heterocycles. The molecule has 11 heavy (non-hydrogen) atoms. The van der Waals surface area contributed by atoms with Crippen LogP contribution in [0.1, 0.15) is 26.7 Å². The molecule has 1 nitrogen and oxygen atoms in total. The predicted octanol–water partition coefficient (Wildman–Crippen LogP) is 3.00. The number of ether oxygens (including phenoxy) is 1. The van der Waals surface area contributed by atoms with Crippen LogP contribution >= 0.6 is 23.2 Å². The largest absolute Gasteiger partial charge is 0.375 e. The van der Waals surface area contributed by atoms with E-state index in [0.717, 1.165) is 12.8 Å². The molecule has 0 amide bonds. The van der Waals surface area contributed by atoms with Gasteiger partial charge in [-0.3, -0.25) is 0 Å². The lowest BCUT2D eigenvalue weighted by Gasteiger charge is -2.22. The average Bonchev–Trinajstić information content (AvgIpc) is 2.16. The lowest BCUT2D eigenvalue weighted by Crippen LogP contribution is -2.30. The van der Waals surface area contributed by atoms with E-state index in [1.165, 1.54) is 0 Å². The minimum Gasteiger partial charge on any atom is -0.375 e. The van der Waals surface area contributed by atoms with E-state index in [1.54, 1.807) is 0 Å². The van der Waals surface area contributed by atoms with Crippen LogP contribution in [-0.2, 0) is 4.74 Å². The van der Waals surface area contributed by atoms with Gasteiger partial charge in [-0.1, -0.05) is 43.5 Å². The van der Waals surface area contributed by atoms with E-state index in [1.807, 2.05) is 6.92 Å². The third-order valence-corrected chi connectivity index (χ3v) is 3.42. The van der Waals surface area contributed by atoms with Crippen molar-refractivity contribution in [2.45, 2.75) is 37.1 Å². The summed E-state index contributed by atoms with van der Waals surface area (Å²) < 4.78 is 4.80. The SMILES string of the molecule is CCC[C@@H]1OC[C@H](C)C1(Cl)Cl. The predicted molar refractivity (Wildman–Crippen MR) is 48.2 cm³/mol.